The first-order chi connectivity index (χ1) is 58.5. The number of fused-ring (bicyclic) bond motifs is 18. The van der Waals surface area contributed by atoms with Gasteiger partial charge in [-0.25, -0.2) is 9.59 Å². The van der Waals surface area contributed by atoms with Gasteiger partial charge in [0.15, 0.2) is 80.1 Å². The summed E-state index contributed by atoms with van der Waals surface area (Å²) in [6, 6.07) is 10.7. The van der Waals surface area contributed by atoms with E-state index >= 15 is 9.59 Å². The summed E-state index contributed by atoms with van der Waals surface area (Å²) in [5.74, 6) is 6.45. The van der Waals surface area contributed by atoms with Crippen LogP contribution in [0.1, 0.15) is 206 Å². The third-order valence-corrected chi connectivity index (χ3v) is 29.4. The number of esters is 4. The summed E-state index contributed by atoms with van der Waals surface area (Å²) in [5, 5.41) is 30.4. The van der Waals surface area contributed by atoms with Crippen molar-refractivity contribution >= 4 is 47.4 Å². The number of nitrogens with one attached hydrogen (secondary N) is 2. The molecule has 3 N–H and O–H groups in total. The van der Waals surface area contributed by atoms with E-state index in [-0.39, 0.29) is 77.3 Å². The van der Waals surface area contributed by atoms with Gasteiger partial charge < -0.3 is 80.9 Å². The Morgan fingerprint density at radius 2 is 0.919 bits per heavy atom. The number of ether oxygens (including phenoxy) is 16. The summed E-state index contributed by atoms with van der Waals surface area (Å²) in [6.07, 6.45) is 4.76. The van der Waals surface area contributed by atoms with Gasteiger partial charge in [0, 0.05) is 101 Å². The van der Waals surface area contributed by atoms with Gasteiger partial charge in [-0.1, -0.05) is 54.7 Å². The van der Waals surface area contributed by atoms with Gasteiger partial charge in [-0.3, -0.25) is 39.8 Å². The molecule has 6 aromatic carbocycles. The second-order valence-corrected chi connectivity index (χ2v) is 35.6. The number of aliphatic hydroxyl groups is 1. The van der Waals surface area contributed by atoms with Crippen LogP contribution in [0.25, 0.3) is 0 Å². The van der Waals surface area contributed by atoms with E-state index < -0.39 is 81.9 Å². The molecule has 0 aromatic heterocycles. The predicted octanol–water partition coefficient (Wildman–Crippen LogP) is 13.0. The van der Waals surface area contributed by atoms with Crippen LogP contribution in [-0.2, 0) is 65.4 Å². The second kappa shape index (κ2) is 35.3. The number of nitrogens with zero attached hydrogens (tertiary/aromatic N) is 5. The number of hydrogen-bond donors (Lipinski definition) is 3. The van der Waals surface area contributed by atoms with E-state index in [1.54, 1.807) is 52.0 Å². The normalized spacial score (nSPS) is 26.9. The second-order valence-electron chi connectivity index (χ2n) is 33.3. The van der Waals surface area contributed by atoms with Crippen molar-refractivity contribution < 1.29 is 100 Å². The first-order valence-electron chi connectivity index (χ1n) is 42.3. The molecule has 6 aromatic rings. The first kappa shape index (κ1) is 88.6. The zero-order chi connectivity index (χ0) is 85.1. The van der Waals surface area contributed by atoms with Crippen LogP contribution in [0.4, 0.5) is 0 Å². The molecule has 662 valence electrons. The summed E-state index contributed by atoms with van der Waals surface area (Å²) in [5.41, 5.74) is 11.2. The molecule has 4 fully saturated rings. The Balaban J connectivity index is 0.000000188. The van der Waals surface area contributed by atoms with Crippen LogP contribution in [-0.4, -0.2) is 205 Å². The molecule has 14 aliphatic heterocycles. The Morgan fingerprint density at radius 3 is 1.33 bits per heavy atom. The van der Waals surface area contributed by atoms with Crippen molar-refractivity contribution in [3.8, 4) is 86.6 Å². The Labute approximate surface area is 729 Å². The molecule has 14 heterocycles. The van der Waals surface area contributed by atoms with Crippen molar-refractivity contribution in [3.05, 3.63) is 125 Å². The molecule has 0 saturated carbocycles. The zero-order valence-corrected chi connectivity index (χ0v) is 73.3. The molecule has 0 amide bonds. The zero-order valence-electron chi connectivity index (χ0n) is 71.7. The summed E-state index contributed by atoms with van der Waals surface area (Å²) in [4.78, 5) is 65.3. The highest BCUT2D eigenvalue weighted by molar-refractivity contribution is 7.99. The van der Waals surface area contributed by atoms with Gasteiger partial charge in [-0.05, 0) is 162 Å². The van der Waals surface area contributed by atoms with E-state index in [0.29, 0.717) is 168 Å². The minimum absolute atomic E-state index is 0. The van der Waals surface area contributed by atoms with E-state index in [0.717, 1.165) is 92.4 Å². The predicted molar refractivity (Wildman–Crippen MR) is 462 cm³/mol. The number of thioether (sulfide) groups is 2. The number of likely N-dealkylation sites (N-methyl/N-ethyl adjacent to an activating group) is 2. The maximum atomic E-state index is 15.1. The Bertz CT molecular complexity index is 5200. The van der Waals surface area contributed by atoms with Crippen molar-refractivity contribution in [1.82, 2.24) is 30.2 Å². The molecule has 8 bridgehead atoms. The molecule has 14 atom stereocenters. The quantitative estimate of drug-likeness (QED) is 0.0532. The van der Waals surface area contributed by atoms with Crippen LogP contribution in [0, 0.1) is 39.0 Å². The number of nitriles is 1. The molecule has 28 nitrogen and oxygen atoms in total. The number of rotatable bonds is 18. The molecule has 2 unspecified atom stereocenters. The molecule has 0 aliphatic carbocycles. The molecular formula is C93H117N7O21S2. The fraction of sp³-hybridized carbons (Fsp3) is 0.559. The number of carbonyl (C=O) groups is 4. The number of methoxy groups -OCH3 is 4. The summed E-state index contributed by atoms with van der Waals surface area (Å²) in [7, 11) is 10.7. The monoisotopic (exact) mass is 1730 g/mol. The molecule has 0 radical (unpaired) electrons. The van der Waals surface area contributed by atoms with E-state index in [1.807, 2.05) is 52.0 Å². The summed E-state index contributed by atoms with van der Waals surface area (Å²) >= 11 is 3.15. The molecule has 123 heavy (non-hydrogen) atoms. The fourth-order valence-electron chi connectivity index (χ4n) is 21.5. The SMILES string of the molecule is C.C.CCCOc1cc2c(cc1OC)[C@@]1(CS[C@@H]3c4c(OC(C)=O)c(C)c5c(c4[C@H](COC1=O)N1C3[C@H]3c4c(cc(C)c(OC)c4OCCC)C[C@@H]([C@@H]1C#N)N3C)OCO5)NCC2.CCCOc1cc2c(cc1OC)[C@@]1(CS[C@@H]3c4c(OC(C)=O)c(C)c5c(c4[C@H](COC1=O)N1C3[C@H]3c4c(cc(C)c(OC)c4OCCC)C[C@@H]([C@@H]1O)N3C)OCO5)NCC2. The number of carbonyl (C=O) groups excluding carboxylic acids is 4. The Kier molecular flexibility index (Phi) is 25.4. The van der Waals surface area contributed by atoms with Crippen LogP contribution in [0.5, 0.6) is 80.5 Å². The van der Waals surface area contributed by atoms with E-state index in [2.05, 4.69) is 90.2 Å². The van der Waals surface area contributed by atoms with Gasteiger partial charge >= 0.3 is 23.9 Å². The lowest BCUT2D eigenvalue weighted by atomic mass is 9.71. The number of hydrogen-bond acceptors (Lipinski definition) is 30. The van der Waals surface area contributed by atoms with Crippen molar-refractivity contribution in [1.29, 1.82) is 5.26 Å². The van der Waals surface area contributed by atoms with Gasteiger partial charge in [-0.15, -0.1) is 23.5 Å². The van der Waals surface area contributed by atoms with Crippen molar-refractivity contribution in [2.24, 2.45) is 0 Å². The molecular weight excluding hydrogens is 1620 g/mol. The van der Waals surface area contributed by atoms with Crippen molar-refractivity contribution in [2.45, 2.75) is 218 Å². The van der Waals surface area contributed by atoms with Gasteiger partial charge in [-0.2, -0.15) is 5.26 Å². The third kappa shape index (κ3) is 14.1. The lowest BCUT2D eigenvalue weighted by Crippen LogP contribution is -2.70. The molecule has 14 aliphatic rings. The minimum atomic E-state index is -1.29. The number of piperazine rings is 2. The number of benzene rings is 6. The van der Waals surface area contributed by atoms with E-state index in [4.69, 9.17) is 75.8 Å². The molecule has 2 spiro atoms. The minimum Gasteiger partial charge on any atom is -0.493 e. The summed E-state index contributed by atoms with van der Waals surface area (Å²) in [6.45, 7) is 21.7. The molecule has 20 rings (SSSR count). The maximum absolute atomic E-state index is 15.1. The summed E-state index contributed by atoms with van der Waals surface area (Å²) < 4.78 is 100. The largest absolute Gasteiger partial charge is 0.493 e. The van der Waals surface area contributed by atoms with Crippen LogP contribution < -0.4 is 76.9 Å². The smallest absolute Gasteiger partial charge is 0.331 e. The highest BCUT2D eigenvalue weighted by atomic mass is 32.2. The Hall–Kier alpha value is -9.29. The van der Waals surface area contributed by atoms with Crippen molar-refractivity contribution in [3.63, 3.8) is 0 Å². The lowest BCUT2D eigenvalue weighted by Gasteiger charge is -2.62. The van der Waals surface area contributed by atoms with Crippen LogP contribution in [0.15, 0.2) is 36.4 Å². The topological polar surface area (TPSA) is 297 Å². The molecule has 30 heteroatoms. The molecule has 4 saturated heterocycles. The van der Waals surface area contributed by atoms with Crippen LogP contribution in [0.3, 0.4) is 0 Å². The third-order valence-electron chi connectivity index (χ3n) is 26.5. The van der Waals surface area contributed by atoms with Gasteiger partial charge in [0.1, 0.15) is 37.0 Å². The Morgan fingerprint density at radius 1 is 0.512 bits per heavy atom. The highest BCUT2D eigenvalue weighted by Gasteiger charge is 2.65. The standard InChI is InChI=1S/C46H54N4O10S.C45H55N3O11S.2CH4/c1-9-13-55-33-17-26-11-12-48-46(28(26)18-32(33)53-7)21-61-44-36-35(43-41(58-22-59-43)24(4)40(36)60-25(5)51)31(20-57-45(46)52)50-30(19-47)29-16-27-15-23(3)39(54-8)42(56-14-10-2)34(27)37(38(44)50)49(29)6;1-9-13-54-31-17-25-11-12-46-45(27(25)18-30(31)52-7)20-60-42-34-33(41-39(57-21-58-41)23(4)38(34)59-24(5)49)29(19-56-44(45)51)48-36(42)35-32-26(16-28(43(48)50)47(35)6)15-22(3)37(53-8)40(32)55-14-10-2;;/h15,17-18,29-31,37-38,44,48H,9-14,16,20-22H2,1-8H3;15,17-18,28-29,35-36,42-43,46,50H,9-14,16,19-21H2,1-8H3;2*1H4/t29-,30-,31-,37+,38?,44+,46+;28-,29-,35+,36?,42+,43-,45+;;/m00../s1. The number of aryl methyl sites for hydroxylation is 2. The average Bonchev–Trinajstić information content (AvgIpc) is 1.60. The average molecular weight is 1730 g/mol. The van der Waals surface area contributed by atoms with Gasteiger partial charge in [0.25, 0.3) is 0 Å². The maximum Gasteiger partial charge on any atom is 0.331 e. The van der Waals surface area contributed by atoms with Crippen molar-refractivity contribution in [2.75, 3.05) is 120 Å². The first-order valence-corrected chi connectivity index (χ1v) is 44.4. The lowest BCUT2D eigenvalue weighted by molar-refractivity contribution is -0.186. The fourth-order valence-corrected chi connectivity index (χ4v) is 24.8. The highest BCUT2D eigenvalue weighted by Crippen LogP contribution is 2.68. The van der Waals surface area contributed by atoms with Crippen LogP contribution >= 0.6 is 23.5 Å². The number of aliphatic hydroxyl groups excluding tert-OH is 1. The van der Waals surface area contributed by atoms with E-state index in [9.17, 15) is 20.0 Å². The van der Waals surface area contributed by atoms with Crippen LogP contribution in [0.2, 0.25) is 0 Å². The van der Waals surface area contributed by atoms with Gasteiger partial charge in [0.05, 0.1) is 102 Å². The van der Waals surface area contributed by atoms with Gasteiger partial charge in [0.2, 0.25) is 13.6 Å². The van der Waals surface area contributed by atoms with E-state index in [1.165, 1.54) is 13.8 Å².